The van der Waals surface area contributed by atoms with Gasteiger partial charge in [-0.2, -0.15) is 0 Å². The molecule has 40 heavy (non-hydrogen) atoms. The minimum Gasteiger partial charge on any atom is -0.497 e. The summed E-state index contributed by atoms with van der Waals surface area (Å²) in [6.45, 7) is 1.98. The lowest BCUT2D eigenvalue weighted by Gasteiger charge is -2.11. The molecule has 0 atom stereocenters. The van der Waals surface area contributed by atoms with E-state index in [1.54, 1.807) is 53.7 Å². The van der Waals surface area contributed by atoms with E-state index >= 15 is 0 Å². The molecule has 0 radical (unpaired) electrons. The molecule has 10 heteroatoms. The Morgan fingerprint density at radius 3 is 2.05 bits per heavy atom. The van der Waals surface area contributed by atoms with Crippen molar-refractivity contribution in [2.45, 2.75) is 6.92 Å². The quantitative estimate of drug-likeness (QED) is 0.236. The normalized spacial score (nSPS) is 10.3. The molecule has 0 unspecified atom stereocenters. The van der Waals surface area contributed by atoms with Gasteiger partial charge in [0, 0.05) is 29.1 Å². The second kappa shape index (κ2) is 12.6. The fourth-order valence-electron chi connectivity index (χ4n) is 4.13. The van der Waals surface area contributed by atoms with Crippen LogP contribution in [0.2, 0.25) is 0 Å². The third-order valence-corrected chi connectivity index (χ3v) is 6.06. The van der Waals surface area contributed by atoms with Crippen molar-refractivity contribution >= 4 is 22.8 Å². The van der Waals surface area contributed by atoms with E-state index in [2.05, 4.69) is 10.3 Å². The molecule has 2 aromatic heterocycles. The molecule has 0 aliphatic carbocycles. The molecule has 0 aliphatic heterocycles. The molecule has 2 heterocycles. The first-order valence-corrected chi connectivity index (χ1v) is 12.4. The van der Waals surface area contributed by atoms with E-state index < -0.39 is 0 Å². The summed E-state index contributed by atoms with van der Waals surface area (Å²) < 4.78 is 27.9. The van der Waals surface area contributed by atoms with E-state index in [0.29, 0.717) is 34.5 Å². The number of fused-ring (bicyclic) bond motifs is 1. The number of ether oxygens (including phenoxy) is 5. The van der Waals surface area contributed by atoms with E-state index in [1.807, 2.05) is 66.0 Å². The first kappa shape index (κ1) is 27.9. The number of nitrogens with one attached hydrogen (secondary N) is 1. The summed E-state index contributed by atoms with van der Waals surface area (Å²) in [7, 11) is 8.05. The molecule has 0 amide bonds. The number of hydrogen-bond donors (Lipinski definition) is 2. The van der Waals surface area contributed by atoms with E-state index in [0.717, 1.165) is 34.0 Å². The van der Waals surface area contributed by atoms with Crippen LogP contribution in [0.3, 0.4) is 0 Å². The summed E-state index contributed by atoms with van der Waals surface area (Å²) in [6, 6.07) is 22.6. The predicted molar refractivity (Wildman–Crippen MR) is 156 cm³/mol. The fourth-order valence-corrected chi connectivity index (χ4v) is 4.13. The highest BCUT2D eigenvalue weighted by atomic mass is 16.5. The Kier molecular flexibility index (Phi) is 8.80. The Morgan fingerprint density at radius 2 is 1.38 bits per heavy atom. The minimum absolute atomic E-state index is 0.647. The summed E-state index contributed by atoms with van der Waals surface area (Å²) >= 11 is 0. The van der Waals surface area contributed by atoms with Crippen molar-refractivity contribution in [3.63, 3.8) is 0 Å². The molecule has 5 rings (SSSR count). The van der Waals surface area contributed by atoms with Crippen LogP contribution in [0.25, 0.3) is 16.9 Å². The number of rotatable bonds is 8. The van der Waals surface area contributed by atoms with Crippen molar-refractivity contribution in [2.24, 2.45) is 0 Å². The maximum absolute atomic E-state index is 5.52. The molecule has 3 aromatic carbocycles. The molecule has 5 aromatic rings. The summed E-state index contributed by atoms with van der Waals surface area (Å²) in [5.74, 6) is 4.15. The first-order valence-electron chi connectivity index (χ1n) is 12.4. The Hall–Kier alpha value is -5.12. The van der Waals surface area contributed by atoms with Gasteiger partial charge < -0.3 is 34.7 Å². The number of nitrogens with zero attached hydrogens (tertiary/aromatic N) is 3. The molecule has 0 bridgehead atoms. The number of aromatic nitrogens is 3. The standard InChI is InChI=1S/C22H22N4O3.C8H11NO2/c1-14-22(15-6-5-7-17(12-15)27-2)26-21(23-14)11-10-20(25-26)24-16-8-9-18(28-3)19(13-16)29-4;1-10-7-4-3-6(9)5-8(7)11-2/h5-13H,1-4H3,(H,24,25);3-5H,9H2,1-2H3. The number of aryl methyl sites for hydroxylation is 1. The van der Waals surface area contributed by atoms with Crippen molar-refractivity contribution in [1.29, 1.82) is 0 Å². The molecule has 0 aliphatic rings. The SMILES string of the molecule is COc1ccc(N)cc1OC.COc1cccc(-c2c(C)nc3ccc(Nc4ccc(OC)c(OC)c4)nn23)c1. The van der Waals surface area contributed by atoms with Gasteiger partial charge >= 0.3 is 0 Å². The summed E-state index contributed by atoms with van der Waals surface area (Å²) in [5.41, 5.74) is 10.6. The third kappa shape index (κ3) is 6.12. The number of nitrogens with two attached hydrogens (primary N) is 1. The zero-order valence-electron chi connectivity index (χ0n) is 23.4. The van der Waals surface area contributed by atoms with Crippen LogP contribution in [0, 0.1) is 6.92 Å². The van der Waals surface area contributed by atoms with Crippen LogP contribution >= 0.6 is 0 Å². The van der Waals surface area contributed by atoms with Gasteiger partial charge in [0.25, 0.3) is 0 Å². The van der Waals surface area contributed by atoms with Crippen LogP contribution in [0.5, 0.6) is 28.7 Å². The molecular weight excluding hydrogens is 510 g/mol. The van der Waals surface area contributed by atoms with E-state index in [1.165, 1.54) is 0 Å². The summed E-state index contributed by atoms with van der Waals surface area (Å²) in [5, 5.41) is 8.06. The van der Waals surface area contributed by atoms with Gasteiger partial charge in [0.05, 0.1) is 46.9 Å². The molecular formula is C30H33N5O5. The fraction of sp³-hybridized carbons (Fsp3) is 0.200. The summed E-state index contributed by atoms with van der Waals surface area (Å²) in [6.07, 6.45) is 0. The molecule has 0 saturated carbocycles. The molecule has 0 saturated heterocycles. The minimum atomic E-state index is 0.647. The van der Waals surface area contributed by atoms with Gasteiger partial charge in [0.15, 0.2) is 34.5 Å². The van der Waals surface area contributed by atoms with Crippen LogP contribution in [0.1, 0.15) is 5.69 Å². The third-order valence-electron chi connectivity index (χ3n) is 6.06. The topological polar surface area (TPSA) is 114 Å². The highest BCUT2D eigenvalue weighted by Crippen LogP contribution is 2.32. The predicted octanol–water partition coefficient (Wildman–Crippen LogP) is 5.76. The van der Waals surface area contributed by atoms with Crippen LogP contribution in [0.4, 0.5) is 17.2 Å². The Bertz CT molecular complexity index is 1600. The lowest BCUT2D eigenvalue weighted by Crippen LogP contribution is -2.01. The van der Waals surface area contributed by atoms with Crippen molar-refractivity contribution in [3.8, 4) is 40.0 Å². The van der Waals surface area contributed by atoms with Crippen molar-refractivity contribution in [2.75, 3.05) is 46.6 Å². The van der Waals surface area contributed by atoms with Crippen molar-refractivity contribution in [1.82, 2.24) is 14.6 Å². The van der Waals surface area contributed by atoms with Crippen molar-refractivity contribution < 1.29 is 23.7 Å². The molecule has 10 nitrogen and oxygen atoms in total. The molecule has 0 spiro atoms. The Balaban J connectivity index is 0.000000283. The zero-order chi connectivity index (χ0) is 28.6. The van der Waals surface area contributed by atoms with Gasteiger partial charge in [-0.15, -0.1) is 5.10 Å². The lowest BCUT2D eigenvalue weighted by atomic mass is 10.1. The second-order valence-electron chi connectivity index (χ2n) is 8.58. The average molecular weight is 544 g/mol. The van der Waals surface area contributed by atoms with Crippen LogP contribution in [-0.4, -0.2) is 50.1 Å². The number of nitrogen functional groups attached to an aromatic ring is 1. The Labute approximate surface area is 233 Å². The smallest absolute Gasteiger partial charge is 0.162 e. The van der Waals surface area contributed by atoms with Crippen LogP contribution < -0.4 is 34.7 Å². The maximum atomic E-state index is 5.52. The van der Waals surface area contributed by atoms with Crippen LogP contribution in [-0.2, 0) is 0 Å². The monoisotopic (exact) mass is 543 g/mol. The van der Waals surface area contributed by atoms with Gasteiger partial charge in [-0.1, -0.05) is 12.1 Å². The number of benzene rings is 3. The number of imidazole rings is 1. The van der Waals surface area contributed by atoms with Crippen LogP contribution in [0.15, 0.2) is 72.8 Å². The molecule has 0 fully saturated rings. The van der Waals surface area contributed by atoms with Gasteiger partial charge in [0.2, 0.25) is 0 Å². The van der Waals surface area contributed by atoms with E-state index in [9.17, 15) is 0 Å². The first-order chi connectivity index (χ1) is 19.4. The Morgan fingerprint density at radius 1 is 0.700 bits per heavy atom. The highest BCUT2D eigenvalue weighted by Gasteiger charge is 2.14. The number of hydrogen-bond acceptors (Lipinski definition) is 9. The van der Waals surface area contributed by atoms with E-state index in [4.69, 9.17) is 34.5 Å². The van der Waals surface area contributed by atoms with Gasteiger partial charge in [-0.05, 0) is 55.5 Å². The molecule has 208 valence electrons. The number of anilines is 3. The number of methoxy groups -OCH3 is 5. The largest absolute Gasteiger partial charge is 0.497 e. The van der Waals surface area contributed by atoms with Crippen molar-refractivity contribution in [3.05, 3.63) is 78.5 Å². The van der Waals surface area contributed by atoms with E-state index in [-0.39, 0.29) is 0 Å². The second-order valence-corrected chi connectivity index (χ2v) is 8.58. The van der Waals surface area contributed by atoms with Gasteiger partial charge in [-0.3, -0.25) is 0 Å². The highest BCUT2D eigenvalue weighted by molar-refractivity contribution is 5.69. The maximum Gasteiger partial charge on any atom is 0.162 e. The zero-order valence-corrected chi connectivity index (χ0v) is 23.4. The molecule has 3 N–H and O–H groups in total. The summed E-state index contributed by atoms with van der Waals surface area (Å²) in [4.78, 5) is 4.64. The van der Waals surface area contributed by atoms with Gasteiger partial charge in [-0.25, -0.2) is 9.50 Å². The van der Waals surface area contributed by atoms with Gasteiger partial charge in [0.1, 0.15) is 5.75 Å². The average Bonchev–Trinajstić information content (AvgIpc) is 3.32. The lowest BCUT2D eigenvalue weighted by molar-refractivity contribution is 0.355.